The number of hydrogen-bond acceptors (Lipinski definition) is 0. The van der Waals surface area contributed by atoms with Crippen LogP contribution in [0.5, 0.6) is 0 Å². The van der Waals surface area contributed by atoms with E-state index in [1.54, 1.807) is 24.8 Å². The van der Waals surface area contributed by atoms with Crippen molar-refractivity contribution < 1.29 is 0 Å². The molecule has 0 saturated heterocycles. The average molecular weight is 425 g/mol. The molecule has 31 heavy (non-hydrogen) atoms. The number of allylic oxidation sites excluding steroid dienone is 2. The maximum absolute atomic E-state index is 2.77. The van der Waals surface area contributed by atoms with Gasteiger partial charge in [-0.25, -0.2) is 0 Å². The van der Waals surface area contributed by atoms with Crippen LogP contribution in [-0.4, -0.2) is 0 Å². The Hall–Kier alpha value is -0.260. The predicted octanol–water partition coefficient (Wildman–Crippen LogP) is 9.59. The van der Waals surface area contributed by atoms with Crippen LogP contribution in [0, 0.1) is 50.7 Å². The fraction of sp³-hybridized carbons (Fsp3) is 0.935. The van der Waals surface area contributed by atoms with Gasteiger partial charge in [0, 0.05) is 0 Å². The standard InChI is InChI=1S/C31H52/c1-21(2)10-9-11-22(3)24-15-16-29(8)26-13-12-25-27(5,6)23(4)14-17-30(25)20-31(26,30)19-18-28(24,29)7/h21,23,25-26H,9-20H2,1-8H3/b24-22+/t23-,25?,26?,28+,29-,30+,31-/m0/s1. The van der Waals surface area contributed by atoms with Crippen LogP contribution in [0.25, 0.3) is 0 Å². The first-order chi connectivity index (χ1) is 14.4. The molecule has 7 atom stereocenters. The zero-order valence-electron chi connectivity index (χ0n) is 22.3. The van der Waals surface area contributed by atoms with E-state index in [0.717, 1.165) is 34.5 Å². The third-order valence-corrected chi connectivity index (χ3v) is 13.3. The van der Waals surface area contributed by atoms with Gasteiger partial charge in [0.2, 0.25) is 0 Å². The van der Waals surface area contributed by atoms with Crippen molar-refractivity contribution in [2.24, 2.45) is 50.7 Å². The molecular weight excluding hydrogens is 372 g/mol. The van der Waals surface area contributed by atoms with Crippen LogP contribution in [0.2, 0.25) is 0 Å². The zero-order valence-corrected chi connectivity index (χ0v) is 22.3. The molecule has 5 fully saturated rings. The van der Waals surface area contributed by atoms with Gasteiger partial charge < -0.3 is 0 Å². The molecule has 0 nitrogen and oxygen atoms in total. The van der Waals surface area contributed by atoms with Crippen LogP contribution in [0.4, 0.5) is 0 Å². The monoisotopic (exact) mass is 424 g/mol. The Morgan fingerprint density at radius 3 is 2.29 bits per heavy atom. The molecule has 0 aromatic heterocycles. The molecule has 0 N–H and O–H groups in total. The van der Waals surface area contributed by atoms with Crippen molar-refractivity contribution in [3.63, 3.8) is 0 Å². The van der Waals surface area contributed by atoms with Crippen LogP contribution in [0.15, 0.2) is 11.1 Å². The molecule has 0 bridgehead atoms. The molecule has 5 aliphatic rings. The summed E-state index contributed by atoms with van der Waals surface area (Å²) in [6.45, 7) is 20.6. The van der Waals surface area contributed by atoms with Crippen LogP contribution >= 0.6 is 0 Å². The van der Waals surface area contributed by atoms with Gasteiger partial charge in [-0.05, 0) is 128 Å². The lowest BCUT2D eigenvalue weighted by atomic mass is 9.42. The van der Waals surface area contributed by atoms with Gasteiger partial charge in [-0.15, -0.1) is 0 Å². The van der Waals surface area contributed by atoms with Crippen molar-refractivity contribution in [3.8, 4) is 0 Å². The van der Waals surface area contributed by atoms with E-state index in [1.165, 1.54) is 57.8 Å². The van der Waals surface area contributed by atoms with E-state index in [0.29, 0.717) is 16.2 Å². The lowest BCUT2D eigenvalue weighted by molar-refractivity contribution is -0.130. The summed E-state index contributed by atoms with van der Waals surface area (Å²) in [5, 5.41) is 0. The minimum Gasteiger partial charge on any atom is -0.0735 e. The molecule has 0 heteroatoms. The van der Waals surface area contributed by atoms with Gasteiger partial charge in [0.15, 0.2) is 0 Å². The summed E-state index contributed by atoms with van der Waals surface area (Å²) >= 11 is 0. The normalized spacial score (nSPS) is 51.6. The van der Waals surface area contributed by atoms with Gasteiger partial charge in [-0.3, -0.25) is 0 Å². The second kappa shape index (κ2) is 6.88. The topological polar surface area (TPSA) is 0 Å². The molecule has 0 radical (unpaired) electrons. The van der Waals surface area contributed by atoms with E-state index in [1.807, 2.05) is 5.57 Å². The summed E-state index contributed by atoms with van der Waals surface area (Å²) in [7, 11) is 0. The van der Waals surface area contributed by atoms with Crippen molar-refractivity contribution in [1.29, 1.82) is 0 Å². The smallest absolute Gasteiger partial charge is 0.00569 e. The molecule has 0 aromatic rings. The van der Waals surface area contributed by atoms with Crippen LogP contribution < -0.4 is 0 Å². The lowest BCUT2D eigenvalue weighted by Gasteiger charge is -2.62. The number of hydrogen-bond donors (Lipinski definition) is 0. The molecule has 0 amide bonds. The second-order valence-electron chi connectivity index (χ2n) is 14.7. The first-order valence-corrected chi connectivity index (χ1v) is 14.1. The van der Waals surface area contributed by atoms with E-state index in [9.17, 15) is 0 Å². The Morgan fingerprint density at radius 2 is 1.58 bits per heavy atom. The lowest BCUT2D eigenvalue weighted by Crippen LogP contribution is -2.55. The highest BCUT2D eigenvalue weighted by atomic mass is 14.9. The Balaban J connectivity index is 1.44. The van der Waals surface area contributed by atoms with Crippen LogP contribution in [-0.2, 0) is 0 Å². The molecule has 176 valence electrons. The van der Waals surface area contributed by atoms with Crippen molar-refractivity contribution in [1.82, 2.24) is 0 Å². The number of rotatable bonds is 4. The Morgan fingerprint density at radius 1 is 0.903 bits per heavy atom. The minimum atomic E-state index is 0.485. The van der Waals surface area contributed by atoms with Gasteiger partial charge in [0.1, 0.15) is 0 Å². The van der Waals surface area contributed by atoms with Gasteiger partial charge in [-0.2, -0.15) is 0 Å². The SMILES string of the molecule is C/C(CCCC(C)C)=C1/CC[C@@]2(C)C3CCC4C(C)(C)[C@@H](C)CC[C@@]45C[C@@]35CC[C@]12C. The van der Waals surface area contributed by atoms with E-state index < -0.39 is 0 Å². The van der Waals surface area contributed by atoms with Crippen molar-refractivity contribution in [3.05, 3.63) is 11.1 Å². The summed E-state index contributed by atoms with van der Waals surface area (Å²) in [6.07, 6.45) is 17.8. The van der Waals surface area contributed by atoms with E-state index in [-0.39, 0.29) is 0 Å². The van der Waals surface area contributed by atoms with Crippen molar-refractivity contribution >= 4 is 0 Å². The van der Waals surface area contributed by atoms with Crippen LogP contribution in [0.3, 0.4) is 0 Å². The highest BCUT2D eigenvalue weighted by Gasteiger charge is 2.81. The quantitative estimate of drug-likeness (QED) is 0.394. The van der Waals surface area contributed by atoms with Gasteiger partial charge in [0.05, 0.1) is 0 Å². The van der Waals surface area contributed by atoms with Crippen molar-refractivity contribution in [2.75, 3.05) is 0 Å². The van der Waals surface area contributed by atoms with Gasteiger partial charge in [-0.1, -0.05) is 66.0 Å². The average Bonchev–Trinajstić information content (AvgIpc) is 3.27. The first kappa shape index (κ1) is 22.5. The minimum absolute atomic E-state index is 0.485. The molecule has 0 aliphatic heterocycles. The molecule has 0 aromatic carbocycles. The summed E-state index contributed by atoms with van der Waals surface area (Å²) in [6, 6.07) is 0. The molecule has 2 unspecified atom stereocenters. The van der Waals surface area contributed by atoms with Crippen molar-refractivity contribution in [2.45, 2.75) is 132 Å². The summed E-state index contributed by atoms with van der Waals surface area (Å²) in [4.78, 5) is 0. The van der Waals surface area contributed by atoms with E-state index >= 15 is 0 Å². The fourth-order valence-corrected chi connectivity index (χ4v) is 10.9. The molecule has 0 heterocycles. The maximum Gasteiger partial charge on any atom is -0.00569 e. The Kier molecular flexibility index (Phi) is 5.00. The van der Waals surface area contributed by atoms with Crippen LogP contribution in [0.1, 0.15) is 132 Å². The largest absolute Gasteiger partial charge is 0.0735 e. The predicted molar refractivity (Wildman–Crippen MR) is 134 cm³/mol. The second-order valence-corrected chi connectivity index (χ2v) is 14.7. The van der Waals surface area contributed by atoms with E-state index in [4.69, 9.17) is 0 Å². The summed E-state index contributed by atoms with van der Waals surface area (Å²) in [5.74, 6) is 3.76. The third kappa shape index (κ3) is 2.72. The molecule has 5 saturated carbocycles. The molecular formula is C31H52. The van der Waals surface area contributed by atoms with Gasteiger partial charge in [0.25, 0.3) is 0 Å². The van der Waals surface area contributed by atoms with E-state index in [2.05, 4.69) is 55.4 Å². The fourth-order valence-electron chi connectivity index (χ4n) is 10.9. The third-order valence-electron chi connectivity index (χ3n) is 13.3. The number of fused-ring (bicyclic) bond motifs is 2. The molecule has 2 spiro atoms. The first-order valence-electron chi connectivity index (χ1n) is 14.1. The highest BCUT2D eigenvalue weighted by molar-refractivity contribution is 5.37. The maximum atomic E-state index is 2.77. The van der Waals surface area contributed by atoms with Gasteiger partial charge >= 0.3 is 0 Å². The molecule has 5 rings (SSSR count). The molecule has 5 aliphatic carbocycles. The Bertz CT molecular complexity index is 769. The Labute approximate surface area is 194 Å². The zero-order chi connectivity index (χ0) is 22.4. The summed E-state index contributed by atoms with van der Waals surface area (Å²) in [5.41, 5.74) is 6.76. The highest BCUT2D eigenvalue weighted by Crippen LogP contribution is 2.89. The summed E-state index contributed by atoms with van der Waals surface area (Å²) < 4.78 is 0.